The van der Waals surface area contributed by atoms with Gasteiger partial charge in [-0.25, -0.2) is 13.8 Å². The number of anilines is 1. The first-order valence-electron chi connectivity index (χ1n) is 8.86. The minimum absolute atomic E-state index is 0.0914. The summed E-state index contributed by atoms with van der Waals surface area (Å²) in [5.74, 6) is -2.17. The van der Waals surface area contributed by atoms with Gasteiger partial charge in [0.2, 0.25) is 5.91 Å². The summed E-state index contributed by atoms with van der Waals surface area (Å²) >= 11 is 1.07. The topological polar surface area (TPSA) is 73.2 Å². The summed E-state index contributed by atoms with van der Waals surface area (Å²) in [5.41, 5.74) is 0.230. The second kappa shape index (κ2) is 9.62. The number of carbonyl (C=O) groups excluding carboxylic acids is 1. The molecule has 3 rings (SSSR count). The number of fused-ring (bicyclic) bond motifs is 1. The van der Waals surface area contributed by atoms with Crippen LogP contribution in [0.15, 0.2) is 52.4 Å². The highest BCUT2D eigenvalue weighted by atomic mass is 32.2. The number of halogens is 2. The Bertz CT molecular complexity index is 1090. The van der Waals surface area contributed by atoms with E-state index in [0.717, 1.165) is 23.9 Å². The molecule has 1 amide bonds. The average Bonchev–Trinajstić information content (AvgIpc) is 2.70. The molecule has 0 fully saturated rings. The Hall–Kier alpha value is -2.78. The van der Waals surface area contributed by atoms with Crippen molar-refractivity contribution in [2.75, 3.05) is 24.8 Å². The summed E-state index contributed by atoms with van der Waals surface area (Å²) in [6.07, 6.45) is 0.608. The van der Waals surface area contributed by atoms with Crippen molar-refractivity contribution in [2.24, 2.45) is 0 Å². The fraction of sp³-hybridized carbons (Fsp3) is 0.250. The van der Waals surface area contributed by atoms with Crippen molar-refractivity contribution < 1.29 is 18.3 Å². The predicted molar refractivity (Wildman–Crippen MR) is 108 cm³/mol. The number of hydrogen-bond acceptors (Lipinski definition) is 5. The van der Waals surface area contributed by atoms with Crippen molar-refractivity contribution in [1.82, 2.24) is 9.55 Å². The fourth-order valence-electron chi connectivity index (χ4n) is 2.73. The number of rotatable bonds is 8. The molecule has 1 aromatic heterocycles. The summed E-state index contributed by atoms with van der Waals surface area (Å²) in [4.78, 5) is 29.6. The molecule has 152 valence electrons. The molecule has 6 nitrogen and oxygen atoms in total. The van der Waals surface area contributed by atoms with Crippen LogP contribution in [-0.2, 0) is 16.1 Å². The van der Waals surface area contributed by atoms with Gasteiger partial charge >= 0.3 is 0 Å². The highest BCUT2D eigenvalue weighted by molar-refractivity contribution is 7.99. The van der Waals surface area contributed by atoms with E-state index in [1.807, 2.05) is 0 Å². The molecule has 0 radical (unpaired) electrons. The van der Waals surface area contributed by atoms with E-state index in [2.05, 4.69) is 10.3 Å². The number of benzene rings is 2. The zero-order chi connectivity index (χ0) is 20.8. The first-order valence-corrected chi connectivity index (χ1v) is 9.84. The maximum atomic E-state index is 13.7. The Morgan fingerprint density at radius 2 is 2.03 bits per heavy atom. The SMILES string of the molecule is COCCCn1c(SCC(=O)Nc2ccc(F)cc2F)nc2ccccc2c1=O. The standard InChI is InChI=1S/C20H19F2N3O3S/c1-28-10-4-9-25-19(27)14-5-2-3-6-16(14)24-20(25)29-12-18(26)23-17-8-7-13(21)11-15(17)22/h2-3,5-8,11H,4,9-10,12H2,1H3,(H,23,26). The van der Waals surface area contributed by atoms with Crippen LogP contribution in [0.5, 0.6) is 0 Å². The number of thioether (sulfide) groups is 1. The number of nitrogens with one attached hydrogen (secondary N) is 1. The van der Waals surface area contributed by atoms with Gasteiger partial charge < -0.3 is 10.1 Å². The molecule has 3 aromatic rings. The van der Waals surface area contributed by atoms with Gasteiger partial charge in [-0.15, -0.1) is 0 Å². The van der Waals surface area contributed by atoms with Crippen LogP contribution in [0.2, 0.25) is 0 Å². The second-order valence-corrected chi connectivity index (χ2v) is 7.12. The normalized spacial score (nSPS) is 11.0. The Morgan fingerprint density at radius 3 is 2.79 bits per heavy atom. The molecular weight excluding hydrogens is 400 g/mol. The summed E-state index contributed by atoms with van der Waals surface area (Å²) in [5, 5.41) is 3.28. The third-order valence-corrected chi connectivity index (χ3v) is 5.07. The van der Waals surface area contributed by atoms with Gasteiger partial charge in [0.15, 0.2) is 5.16 Å². The molecular formula is C20H19F2N3O3S. The smallest absolute Gasteiger partial charge is 0.262 e. The molecule has 0 unspecified atom stereocenters. The van der Waals surface area contributed by atoms with Gasteiger partial charge in [0.25, 0.3) is 5.56 Å². The lowest BCUT2D eigenvalue weighted by Gasteiger charge is -2.13. The van der Waals surface area contributed by atoms with Gasteiger partial charge in [-0.3, -0.25) is 14.2 Å². The highest BCUT2D eigenvalue weighted by Gasteiger charge is 2.14. The van der Waals surface area contributed by atoms with Crippen molar-refractivity contribution in [1.29, 1.82) is 0 Å². The van der Waals surface area contributed by atoms with E-state index in [1.165, 1.54) is 4.57 Å². The molecule has 0 saturated carbocycles. The monoisotopic (exact) mass is 419 g/mol. The van der Waals surface area contributed by atoms with E-state index in [-0.39, 0.29) is 17.0 Å². The first-order chi connectivity index (χ1) is 14.0. The van der Waals surface area contributed by atoms with Crippen LogP contribution in [0, 0.1) is 11.6 Å². The van der Waals surface area contributed by atoms with E-state index in [1.54, 1.807) is 31.4 Å². The number of ether oxygens (including phenoxy) is 1. The third-order valence-electron chi connectivity index (χ3n) is 4.09. The Morgan fingerprint density at radius 1 is 1.24 bits per heavy atom. The van der Waals surface area contributed by atoms with E-state index in [9.17, 15) is 18.4 Å². The Kier molecular flexibility index (Phi) is 6.95. The summed E-state index contributed by atoms with van der Waals surface area (Å²) in [6, 6.07) is 9.89. The van der Waals surface area contributed by atoms with Crippen LogP contribution in [0.25, 0.3) is 10.9 Å². The van der Waals surface area contributed by atoms with Crippen LogP contribution < -0.4 is 10.9 Å². The Labute approximate surface area is 169 Å². The lowest BCUT2D eigenvalue weighted by atomic mass is 10.2. The van der Waals surface area contributed by atoms with E-state index < -0.39 is 17.5 Å². The minimum Gasteiger partial charge on any atom is -0.385 e. The number of aromatic nitrogens is 2. The molecule has 0 spiro atoms. The van der Waals surface area contributed by atoms with Crippen LogP contribution >= 0.6 is 11.8 Å². The minimum atomic E-state index is -0.858. The third kappa shape index (κ3) is 5.18. The number of amides is 1. The highest BCUT2D eigenvalue weighted by Crippen LogP contribution is 2.20. The lowest BCUT2D eigenvalue weighted by molar-refractivity contribution is -0.113. The maximum Gasteiger partial charge on any atom is 0.262 e. The van der Waals surface area contributed by atoms with E-state index in [0.29, 0.717) is 41.7 Å². The zero-order valence-corrected chi connectivity index (χ0v) is 16.5. The van der Waals surface area contributed by atoms with Gasteiger partial charge in [-0.1, -0.05) is 23.9 Å². The summed E-state index contributed by atoms with van der Waals surface area (Å²) < 4.78 is 33.3. The van der Waals surface area contributed by atoms with Gasteiger partial charge in [0.05, 0.1) is 22.3 Å². The number of nitrogens with zero attached hydrogens (tertiary/aromatic N) is 2. The zero-order valence-electron chi connectivity index (χ0n) is 15.7. The van der Waals surface area contributed by atoms with Gasteiger partial charge in [-0.05, 0) is 30.7 Å². The molecule has 2 aromatic carbocycles. The van der Waals surface area contributed by atoms with Crippen LogP contribution in [0.1, 0.15) is 6.42 Å². The molecule has 1 N–H and O–H groups in total. The Balaban J connectivity index is 1.79. The van der Waals surface area contributed by atoms with Gasteiger partial charge in [0, 0.05) is 26.3 Å². The lowest BCUT2D eigenvalue weighted by Crippen LogP contribution is -2.25. The average molecular weight is 419 g/mol. The second-order valence-electron chi connectivity index (χ2n) is 6.18. The van der Waals surface area contributed by atoms with Crippen LogP contribution in [0.4, 0.5) is 14.5 Å². The molecule has 0 saturated heterocycles. The number of para-hydroxylation sites is 1. The number of carbonyl (C=O) groups is 1. The van der Waals surface area contributed by atoms with Crippen molar-refractivity contribution >= 4 is 34.3 Å². The molecule has 0 atom stereocenters. The quantitative estimate of drug-likeness (QED) is 0.344. The summed E-state index contributed by atoms with van der Waals surface area (Å²) in [7, 11) is 1.58. The van der Waals surface area contributed by atoms with Gasteiger partial charge in [0.1, 0.15) is 11.6 Å². The molecule has 0 aliphatic rings. The molecule has 0 aliphatic heterocycles. The van der Waals surface area contributed by atoms with Crippen LogP contribution in [0.3, 0.4) is 0 Å². The number of hydrogen-bond donors (Lipinski definition) is 1. The number of methoxy groups -OCH3 is 1. The molecule has 0 bridgehead atoms. The summed E-state index contributed by atoms with van der Waals surface area (Å²) in [6.45, 7) is 0.870. The van der Waals surface area contributed by atoms with Crippen molar-refractivity contribution in [3.8, 4) is 0 Å². The molecule has 29 heavy (non-hydrogen) atoms. The van der Waals surface area contributed by atoms with Crippen molar-refractivity contribution in [3.63, 3.8) is 0 Å². The van der Waals surface area contributed by atoms with Crippen molar-refractivity contribution in [2.45, 2.75) is 18.1 Å². The van der Waals surface area contributed by atoms with Crippen molar-refractivity contribution in [3.05, 3.63) is 64.5 Å². The fourth-order valence-corrected chi connectivity index (χ4v) is 3.55. The predicted octanol–water partition coefficient (Wildman–Crippen LogP) is 3.44. The molecule has 0 aliphatic carbocycles. The molecule has 9 heteroatoms. The maximum absolute atomic E-state index is 13.7. The van der Waals surface area contributed by atoms with Gasteiger partial charge in [-0.2, -0.15) is 0 Å². The van der Waals surface area contributed by atoms with Crippen LogP contribution in [-0.4, -0.2) is 34.9 Å². The first kappa shape index (κ1) is 20.9. The van der Waals surface area contributed by atoms with E-state index in [4.69, 9.17) is 4.74 Å². The largest absolute Gasteiger partial charge is 0.385 e. The van der Waals surface area contributed by atoms with E-state index >= 15 is 0 Å². The molecule has 1 heterocycles.